The Bertz CT molecular complexity index is 3080. The second-order valence-electron chi connectivity index (χ2n) is 15.3. The molecule has 0 saturated heterocycles. The third-order valence-corrected chi connectivity index (χ3v) is 12.6. The van der Waals surface area contributed by atoms with Crippen molar-refractivity contribution in [3.8, 4) is 51.0 Å². The summed E-state index contributed by atoms with van der Waals surface area (Å²) < 4.78 is 5.08. The number of para-hydroxylation sites is 1. The molecule has 0 aliphatic heterocycles. The molecule has 10 aromatic rings. The van der Waals surface area contributed by atoms with Gasteiger partial charge in [0.1, 0.15) is 0 Å². The zero-order chi connectivity index (χ0) is 39.0. The van der Waals surface area contributed by atoms with Gasteiger partial charge in [-0.2, -0.15) is 0 Å². The van der Waals surface area contributed by atoms with E-state index in [9.17, 15) is 0 Å². The van der Waals surface area contributed by atoms with Gasteiger partial charge in [0.25, 0.3) is 0 Å². The van der Waals surface area contributed by atoms with E-state index >= 15 is 0 Å². The van der Waals surface area contributed by atoms with E-state index in [-0.39, 0.29) is 0 Å². The van der Waals surface area contributed by atoms with Crippen LogP contribution in [0, 0.1) is 0 Å². The maximum absolute atomic E-state index is 5.21. The van der Waals surface area contributed by atoms with Crippen molar-refractivity contribution in [2.75, 3.05) is 0 Å². The largest absolute Gasteiger partial charge is 0.308 e. The second kappa shape index (κ2) is 15.5. The molecule has 0 saturated carbocycles. The minimum Gasteiger partial charge on any atom is -0.308 e. The van der Waals surface area contributed by atoms with Gasteiger partial charge >= 0.3 is 0 Å². The average Bonchev–Trinajstić information content (AvgIpc) is 3.84. The standard InChI is InChI=1S/C53H44N4S/c1-3-5-14-35-24-27-37(28-25-35)39-18-12-19-40(33-39)52-54-51(38-16-8-7-9-17-38)55-53(56-52)41-20-13-21-42(34-41)57-47-23-11-10-22-43(47)44-29-30-45-46-32-36(15-6-4-2)26-31-48(46)58-50(45)49(44)57/h7-13,16-34H,3-6,14-15H2,1-2H3. The molecule has 0 aliphatic rings. The van der Waals surface area contributed by atoms with Gasteiger partial charge in [-0.15, -0.1) is 11.3 Å². The van der Waals surface area contributed by atoms with E-state index in [0.29, 0.717) is 17.5 Å². The molecule has 3 heterocycles. The van der Waals surface area contributed by atoms with Gasteiger partial charge in [-0.3, -0.25) is 0 Å². The highest BCUT2D eigenvalue weighted by Crippen LogP contribution is 2.43. The molecule has 7 aromatic carbocycles. The van der Waals surface area contributed by atoms with Crippen LogP contribution in [0.3, 0.4) is 0 Å². The number of nitrogens with zero attached hydrogens (tertiary/aromatic N) is 4. The summed E-state index contributed by atoms with van der Waals surface area (Å²) in [5, 5.41) is 5.17. The molecule has 0 bridgehead atoms. The number of fused-ring (bicyclic) bond motifs is 7. The Morgan fingerprint density at radius 2 is 1.07 bits per heavy atom. The zero-order valence-corrected chi connectivity index (χ0v) is 33.8. The third kappa shape index (κ3) is 6.65. The van der Waals surface area contributed by atoms with Crippen LogP contribution in [0.5, 0.6) is 0 Å². The maximum atomic E-state index is 5.21. The van der Waals surface area contributed by atoms with Gasteiger partial charge in [-0.05, 0) is 84.3 Å². The van der Waals surface area contributed by atoms with E-state index in [1.165, 1.54) is 84.4 Å². The van der Waals surface area contributed by atoms with Crippen LogP contribution in [0.1, 0.15) is 50.7 Å². The molecular weight excluding hydrogens is 725 g/mol. The second-order valence-corrected chi connectivity index (χ2v) is 16.4. The molecule has 4 nitrogen and oxygen atoms in total. The molecule has 0 aliphatic carbocycles. The number of benzene rings is 7. The Morgan fingerprint density at radius 1 is 0.448 bits per heavy atom. The number of aromatic nitrogens is 4. The maximum Gasteiger partial charge on any atom is 0.164 e. The third-order valence-electron chi connectivity index (χ3n) is 11.4. The first-order chi connectivity index (χ1) is 28.6. The topological polar surface area (TPSA) is 43.6 Å². The van der Waals surface area contributed by atoms with Gasteiger partial charge in [0, 0.05) is 48.6 Å². The fraction of sp³-hybridized carbons (Fsp3) is 0.151. The summed E-state index contributed by atoms with van der Waals surface area (Å²) in [5.74, 6) is 1.94. The SMILES string of the molecule is CCCCc1ccc(-c2cccc(-c3nc(-c4ccccc4)nc(-c4cccc(-n5c6ccccc6c6ccc7c8cc(CCCC)ccc8sc7c65)c4)n3)c2)cc1. The van der Waals surface area contributed by atoms with E-state index in [2.05, 4.69) is 158 Å². The van der Waals surface area contributed by atoms with E-state index < -0.39 is 0 Å². The fourth-order valence-electron chi connectivity index (χ4n) is 8.35. The Morgan fingerprint density at radius 3 is 1.84 bits per heavy atom. The number of rotatable bonds is 11. The molecule has 5 heteroatoms. The number of hydrogen-bond acceptors (Lipinski definition) is 4. The first-order valence-corrected chi connectivity index (χ1v) is 21.5. The summed E-state index contributed by atoms with van der Waals surface area (Å²) in [5.41, 5.74) is 11.5. The first-order valence-electron chi connectivity index (χ1n) is 20.6. The van der Waals surface area contributed by atoms with Crippen LogP contribution >= 0.6 is 11.3 Å². The van der Waals surface area contributed by atoms with Crippen LogP contribution in [0.4, 0.5) is 0 Å². The summed E-state index contributed by atoms with van der Waals surface area (Å²) in [7, 11) is 0. The lowest BCUT2D eigenvalue weighted by molar-refractivity contribution is 0.795. The molecular formula is C53H44N4S. The van der Waals surface area contributed by atoms with E-state index in [1.54, 1.807) is 0 Å². The lowest BCUT2D eigenvalue weighted by atomic mass is 10.00. The van der Waals surface area contributed by atoms with Gasteiger partial charge in [0.15, 0.2) is 17.5 Å². The highest BCUT2D eigenvalue weighted by molar-refractivity contribution is 7.26. The molecule has 282 valence electrons. The quantitative estimate of drug-likeness (QED) is 0.132. The Hall–Kier alpha value is -6.43. The molecule has 0 fully saturated rings. The summed E-state index contributed by atoms with van der Waals surface area (Å²) in [6, 6.07) is 57.0. The van der Waals surface area contributed by atoms with Crippen LogP contribution in [0.25, 0.3) is 93.0 Å². The molecule has 10 rings (SSSR count). The molecule has 0 atom stereocenters. The van der Waals surface area contributed by atoms with Crippen molar-refractivity contribution in [1.82, 2.24) is 19.5 Å². The van der Waals surface area contributed by atoms with E-state index in [0.717, 1.165) is 40.8 Å². The number of thiophene rings is 1. The lowest BCUT2D eigenvalue weighted by Crippen LogP contribution is -2.01. The highest BCUT2D eigenvalue weighted by Gasteiger charge is 2.19. The van der Waals surface area contributed by atoms with Gasteiger partial charge in [-0.25, -0.2) is 15.0 Å². The van der Waals surface area contributed by atoms with Crippen molar-refractivity contribution in [1.29, 1.82) is 0 Å². The molecule has 0 radical (unpaired) electrons. The van der Waals surface area contributed by atoms with Gasteiger partial charge in [0.05, 0.1) is 15.7 Å². The van der Waals surface area contributed by atoms with Crippen molar-refractivity contribution >= 4 is 53.3 Å². The van der Waals surface area contributed by atoms with Gasteiger partial charge in [-0.1, -0.05) is 148 Å². The molecule has 0 unspecified atom stereocenters. The predicted octanol–water partition coefficient (Wildman–Crippen LogP) is 14.7. The fourth-order valence-corrected chi connectivity index (χ4v) is 9.57. The van der Waals surface area contributed by atoms with Crippen LogP contribution in [-0.4, -0.2) is 19.5 Å². The molecule has 3 aromatic heterocycles. The number of hydrogen-bond donors (Lipinski definition) is 0. The molecule has 0 N–H and O–H groups in total. The van der Waals surface area contributed by atoms with Crippen LogP contribution in [-0.2, 0) is 12.8 Å². The Balaban J connectivity index is 1.12. The minimum absolute atomic E-state index is 0.642. The summed E-state index contributed by atoms with van der Waals surface area (Å²) in [4.78, 5) is 15.4. The number of aryl methyl sites for hydroxylation is 2. The Labute approximate surface area is 343 Å². The monoisotopic (exact) mass is 768 g/mol. The minimum atomic E-state index is 0.642. The predicted molar refractivity (Wildman–Crippen MR) is 246 cm³/mol. The smallest absolute Gasteiger partial charge is 0.164 e. The van der Waals surface area contributed by atoms with Crippen molar-refractivity contribution in [3.63, 3.8) is 0 Å². The van der Waals surface area contributed by atoms with Crippen molar-refractivity contribution in [3.05, 3.63) is 169 Å². The van der Waals surface area contributed by atoms with Crippen LogP contribution in [0.15, 0.2) is 158 Å². The van der Waals surface area contributed by atoms with Crippen LogP contribution in [0.2, 0.25) is 0 Å². The van der Waals surface area contributed by atoms with E-state index in [1.807, 2.05) is 29.5 Å². The summed E-state index contributed by atoms with van der Waals surface area (Å²) >= 11 is 1.90. The molecule has 0 spiro atoms. The van der Waals surface area contributed by atoms with E-state index in [4.69, 9.17) is 15.0 Å². The summed E-state index contributed by atoms with van der Waals surface area (Å²) in [6.07, 6.45) is 7.03. The first kappa shape index (κ1) is 35.9. The highest BCUT2D eigenvalue weighted by atomic mass is 32.1. The van der Waals surface area contributed by atoms with Crippen LogP contribution < -0.4 is 0 Å². The normalized spacial score (nSPS) is 11.7. The Kier molecular flexibility index (Phi) is 9.60. The van der Waals surface area contributed by atoms with Gasteiger partial charge in [0.2, 0.25) is 0 Å². The molecule has 0 amide bonds. The lowest BCUT2D eigenvalue weighted by Gasteiger charge is -2.12. The average molecular weight is 769 g/mol. The van der Waals surface area contributed by atoms with Crippen molar-refractivity contribution in [2.45, 2.75) is 52.4 Å². The molecule has 58 heavy (non-hydrogen) atoms. The van der Waals surface area contributed by atoms with Crippen molar-refractivity contribution in [2.24, 2.45) is 0 Å². The van der Waals surface area contributed by atoms with Crippen molar-refractivity contribution < 1.29 is 0 Å². The number of unbranched alkanes of at least 4 members (excludes halogenated alkanes) is 2. The zero-order valence-electron chi connectivity index (χ0n) is 33.0. The summed E-state index contributed by atoms with van der Waals surface area (Å²) in [6.45, 7) is 4.50. The van der Waals surface area contributed by atoms with Gasteiger partial charge < -0.3 is 4.57 Å².